The molecule has 0 saturated heterocycles. The number of hydrogen-bond donors (Lipinski definition) is 5. The highest BCUT2D eigenvalue weighted by Gasteiger charge is 2.23. The number of carboxylic acid groups (broad SMARTS) is 2. The van der Waals surface area contributed by atoms with Gasteiger partial charge in [0, 0.05) is 11.3 Å². The van der Waals surface area contributed by atoms with E-state index in [1.54, 1.807) is 18.2 Å². The van der Waals surface area contributed by atoms with Gasteiger partial charge in [-0.05, 0) is 35.9 Å². The summed E-state index contributed by atoms with van der Waals surface area (Å²) in [6.07, 6.45) is -0.529. The number of hydrogen-bond acceptors (Lipinski definition) is 4. The van der Waals surface area contributed by atoms with Gasteiger partial charge in [-0.1, -0.05) is 18.2 Å². The quantitative estimate of drug-likeness (QED) is 0.363. The zero-order valence-electron chi connectivity index (χ0n) is 14.1. The predicted octanol–water partition coefficient (Wildman–Crippen LogP) is 1.49. The lowest BCUT2D eigenvalue weighted by Gasteiger charge is -2.11. The molecule has 2 aromatic carbocycles. The second-order valence-electron chi connectivity index (χ2n) is 5.65. The van der Waals surface area contributed by atoms with Gasteiger partial charge in [0.15, 0.2) is 5.96 Å². The molecule has 0 bridgehead atoms. The Morgan fingerprint density at radius 1 is 1.04 bits per heavy atom. The van der Waals surface area contributed by atoms with Crippen LogP contribution in [-0.4, -0.2) is 34.0 Å². The zero-order valence-corrected chi connectivity index (χ0v) is 14.1. The summed E-state index contributed by atoms with van der Waals surface area (Å²) >= 11 is 0. The lowest BCUT2D eigenvalue weighted by molar-refractivity contribution is -0.145. The van der Waals surface area contributed by atoms with Crippen molar-refractivity contribution in [3.05, 3.63) is 59.7 Å². The smallest absolute Gasteiger partial charge is 0.311 e. The number of nitrogens with two attached hydrogens (primary N) is 2. The molecule has 7 N–H and O–H groups in total. The average Bonchev–Trinajstić information content (AvgIpc) is 2.60. The molecular formula is C18H18N4O5. The number of anilines is 1. The number of amides is 1. The molecule has 0 spiro atoms. The molecule has 2 rings (SSSR count). The van der Waals surface area contributed by atoms with Gasteiger partial charge >= 0.3 is 11.9 Å². The first-order valence-electron chi connectivity index (χ1n) is 7.82. The summed E-state index contributed by atoms with van der Waals surface area (Å²) in [6.45, 7) is 0. The van der Waals surface area contributed by atoms with E-state index < -0.39 is 30.2 Å². The van der Waals surface area contributed by atoms with Crippen molar-refractivity contribution in [3.63, 3.8) is 0 Å². The van der Waals surface area contributed by atoms with Crippen molar-refractivity contribution in [1.82, 2.24) is 0 Å². The van der Waals surface area contributed by atoms with Crippen LogP contribution >= 0.6 is 0 Å². The van der Waals surface area contributed by atoms with Gasteiger partial charge in [-0.25, -0.2) is 4.99 Å². The monoisotopic (exact) mass is 370 g/mol. The van der Waals surface area contributed by atoms with Crippen molar-refractivity contribution in [3.8, 4) is 0 Å². The summed E-state index contributed by atoms with van der Waals surface area (Å²) < 4.78 is 0. The van der Waals surface area contributed by atoms with Crippen LogP contribution in [0.15, 0.2) is 53.5 Å². The van der Waals surface area contributed by atoms with Gasteiger partial charge in [-0.15, -0.1) is 0 Å². The van der Waals surface area contributed by atoms with Gasteiger partial charge in [0.1, 0.15) is 0 Å². The Hall–Kier alpha value is -3.88. The van der Waals surface area contributed by atoms with Crippen LogP contribution in [0, 0.1) is 0 Å². The third-order valence-corrected chi connectivity index (χ3v) is 3.61. The molecule has 0 fully saturated rings. The van der Waals surface area contributed by atoms with E-state index in [-0.39, 0.29) is 5.96 Å². The van der Waals surface area contributed by atoms with Gasteiger partial charge < -0.3 is 27.0 Å². The maximum absolute atomic E-state index is 12.3. The van der Waals surface area contributed by atoms with Crippen LogP contribution in [0.3, 0.4) is 0 Å². The van der Waals surface area contributed by atoms with Crippen molar-refractivity contribution in [2.75, 3.05) is 5.32 Å². The van der Waals surface area contributed by atoms with E-state index in [0.717, 1.165) is 0 Å². The first kappa shape index (κ1) is 19.4. The lowest BCUT2D eigenvalue weighted by Crippen LogP contribution is -2.22. The summed E-state index contributed by atoms with van der Waals surface area (Å²) in [6, 6.07) is 12.3. The number of aliphatic imine (C=N–C) groups is 1. The van der Waals surface area contributed by atoms with E-state index in [1.165, 1.54) is 30.3 Å². The van der Waals surface area contributed by atoms with E-state index in [1.807, 2.05) is 0 Å². The van der Waals surface area contributed by atoms with Gasteiger partial charge in [0.05, 0.1) is 18.0 Å². The van der Waals surface area contributed by atoms with Gasteiger partial charge in [-0.2, -0.15) is 0 Å². The van der Waals surface area contributed by atoms with Gasteiger partial charge in [0.2, 0.25) is 0 Å². The van der Waals surface area contributed by atoms with E-state index in [0.29, 0.717) is 22.5 Å². The second kappa shape index (κ2) is 8.48. The third kappa shape index (κ3) is 5.56. The fourth-order valence-electron chi connectivity index (χ4n) is 2.39. The van der Waals surface area contributed by atoms with Crippen LogP contribution in [0.25, 0.3) is 0 Å². The molecule has 0 heterocycles. The Morgan fingerprint density at radius 3 is 2.26 bits per heavy atom. The molecule has 1 atom stereocenters. The van der Waals surface area contributed by atoms with Crippen LogP contribution < -0.4 is 16.8 Å². The second-order valence-corrected chi connectivity index (χ2v) is 5.65. The van der Waals surface area contributed by atoms with Crippen molar-refractivity contribution in [1.29, 1.82) is 0 Å². The van der Waals surface area contributed by atoms with Crippen LogP contribution in [0.5, 0.6) is 0 Å². The molecule has 1 amide bonds. The molecule has 27 heavy (non-hydrogen) atoms. The van der Waals surface area contributed by atoms with E-state index in [9.17, 15) is 14.4 Å². The molecule has 0 radical (unpaired) electrons. The van der Waals surface area contributed by atoms with E-state index in [4.69, 9.17) is 21.7 Å². The molecule has 2 aromatic rings. The summed E-state index contributed by atoms with van der Waals surface area (Å²) in [5.74, 6) is -4.14. The lowest BCUT2D eigenvalue weighted by atomic mass is 9.96. The number of rotatable bonds is 7. The van der Waals surface area contributed by atoms with Gasteiger partial charge in [0.25, 0.3) is 5.91 Å². The maximum atomic E-state index is 12.3. The summed E-state index contributed by atoms with van der Waals surface area (Å²) in [4.78, 5) is 38.2. The Balaban J connectivity index is 2.14. The van der Waals surface area contributed by atoms with E-state index in [2.05, 4.69) is 10.3 Å². The Kier molecular flexibility index (Phi) is 6.10. The molecule has 0 aliphatic carbocycles. The van der Waals surface area contributed by atoms with E-state index >= 15 is 0 Å². The highest BCUT2D eigenvalue weighted by Crippen LogP contribution is 2.23. The topological polar surface area (TPSA) is 168 Å². The maximum Gasteiger partial charge on any atom is 0.311 e. The normalized spacial score (nSPS) is 11.3. The van der Waals surface area contributed by atoms with Crippen molar-refractivity contribution >= 4 is 35.2 Å². The molecule has 140 valence electrons. The number of benzene rings is 2. The van der Waals surface area contributed by atoms with Crippen LogP contribution in [0.4, 0.5) is 11.4 Å². The minimum absolute atomic E-state index is 0.127. The van der Waals surface area contributed by atoms with Crippen LogP contribution in [-0.2, 0) is 9.59 Å². The summed E-state index contributed by atoms with van der Waals surface area (Å²) in [5, 5.41) is 20.7. The number of carboxylic acids is 2. The average molecular weight is 370 g/mol. The fourth-order valence-corrected chi connectivity index (χ4v) is 2.39. The highest BCUT2D eigenvalue weighted by atomic mass is 16.4. The number of nitrogens with zero attached hydrogens (tertiary/aromatic N) is 1. The predicted molar refractivity (Wildman–Crippen MR) is 98.9 cm³/mol. The van der Waals surface area contributed by atoms with Crippen molar-refractivity contribution in [2.45, 2.75) is 12.3 Å². The van der Waals surface area contributed by atoms with Crippen molar-refractivity contribution in [2.24, 2.45) is 16.5 Å². The SMILES string of the molecule is NC(N)=Nc1cccc(C(=O)Nc2ccc(C(CC(=O)O)C(=O)O)cc2)c1. The molecule has 9 nitrogen and oxygen atoms in total. The fraction of sp³-hybridized carbons (Fsp3) is 0.111. The molecule has 0 aliphatic rings. The first-order chi connectivity index (χ1) is 12.8. The Labute approximate surface area is 154 Å². The number of nitrogens with one attached hydrogen (secondary N) is 1. The minimum Gasteiger partial charge on any atom is -0.481 e. The summed E-state index contributed by atoms with van der Waals surface area (Å²) in [7, 11) is 0. The number of guanidine groups is 1. The van der Waals surface area contributed by atoms with Crippen LogP contribution in [0.2, 0.25) is 0 Å². The third-order valence-electron chi connectivity index (χ3n) is 3.61. The minimum atomic E-state index is -1.23. The highest BCUT2D eigenvalue weighted by molar-refractivity contribution is 6.04. The molecule has 1 unspecified atom stereocenters. The van der Waals surface area contributed by atoms with Crippen molar-refractivity contribution < 1.29 is 24.6 Å². The molecular weight excluding hydrogens is 352 g/mol. The largest absolute Gasteiger partial charge is 0.481 e. The zero-order chi connectivity index (χ0) is 20.0. The molecule has 9 heteroatoms. The standard InChI is InChI=1S/C18H18N4O5/c19-18(20)22-13-3-1-2-11(8-13)16(25)21-12-6-4-10(5-7-12)14(17(26)27)9-15(23)24/h1-8,14H,9H2,(H,21,25)(H,23,24)(H,26,27)(H4,19,20,22). The summed E-state index contributed by atoms with van der Waals surface area (Å²) in [5.41, 5.74) is 12.1. The molecule has 0 saturated carbocycles. The Morgan fingerprint density at radius 2 is 1.70 bits per heavy atom. The first-order valence-corrected chi connectivity index (χ1v) is 7.82. The number of carbonyl (C=O) groups is 3. The Bertz CT molecular complexity index is 889. The number of carbonyl (C=O) groups excluding carboxylic acids is 1. The number of aliphatic carboxylic acids is 2. The van der Waals surface area contributed by atoms with Gasteiger partial charge in [-0.3, -0.25) is 14.4 Å². The molecule has 0 aliphatic heterocycles. The van der Waals surface area contributed by atoms with Crippen LogP contribution in [0.1, 0.15) is 28.3 Å². The molecule has 0 aromatic heterocycles.